The van der Waals surface area contributed by atoms with Crippen LogP contribution in [0.1, 0.15) is 51.6 Å². The molecule has 1 aliphatic rings. The molecule has 0 bridgehead atoms. The highest BCUT2D eigenvalue weighted by Crippen LogP contribution is 2.38. The molecule has 6 nitrogen and oxygen atoms in total. The Kier molecular flexibility index (Phi) is 5.52. The molecule has 1 amide bonds. The Balaban J connectivity index is 1.66. The Morgan fingerprint density at radius 3 is 2.68 bits per heavy atom. The molecule has 3 aromatic rings. The lowest BCUT2D eigenvalue weighted by molar-refractivity contribution is 0.0505. The first-order valence-corrected chi connectivity index (χ1v) is 10.4. The van der Waals surface area contributed by atoms with E-state index in [1.165, 1.54) is 12.1 Å². The summed E-state index contributed by atoms with van der Waals surface area (Å²) in [5.74, 6) is 0.160. The molecule has 31 heavy (non-hydrogen) atoms. The molecule has 4 rings (SSSR count). The van der Waals surface area contributed by atoms with Gasteiger partial charge in [-0.2, -0.15) is 0 Å². The molecule has 2 N–H and O–H groups in total. The van der Waals surface area contributed by atoms with Gasteiger partial charge in [0.2, 0.25) is 0 Å². The number of phenolic OH excluding ortho intramolecular Hbond substituents is 1. The van der Waals surface area contributed by atoms with E-state index in [2.05, 4.69) is 10.3 Å². The van der Waals surface area contributed by atoms with Crippen molar-refractivity contribution in [3.05, 3.63) is 54.0 Å². The van der Waals surface area contributed by atoms with Crippen LogP contribution in [-0.2, 0) is 4.74 Å². The number of phenols is 1. The fraction of sp³-hybridized carbons (Fsp3) is 0.375. The van der Waals surface area contributed by atoms with Crippen molar-refractivity contribution in [1.29, 1.82) is 0 Å². The maximum absolute atomic E-state index is 14.0. The summed E-state index contributed by atoms with van der Waals surface area (Å²) < 4.78 is 19.4. The van der Waals surface area contributed by atoms with Gasteiger partial charge in [0.15, 0.2) is 5.82 Å². The number of alkyl carbamates (subject to hydrolysis) is 1. The van der Waals surface area contributed by atoms with Gasteiger partial charge in [0.1, 0.15) is 17.2 Å². The van der Waals surface area contributed by atoms with Crippen LogP contribution in [0.15, 0.2) is 42.5 Å². The van der Waals surface area contributed by atoms with Crippen molar-refractivity contribution < 1.29 is 19.0 Å². The van der Waals surface area contributed by atoms with Gasteiger partial charge in [-0.3, -0.25) is 0 Å². The third-order valence-corrected chi connectivity index (χ3v) is 5.37. The van der Waals surface area contributed by atoms with E-state index in [1.54, 1.807) is 24.3 Å². The lowest BCUT2D eigenvalue weighted by Gasteiger charge is -2.22. The topological polar surface area (TPSA) is 84.3 Å². The van der Waals surface area contributed by atoms with E-state index < -0.39 is 11.7 Å². The first-order chi connectivity index (χ1) is 14.7. The Labute approximate surface area is 180 Å². The van der Waals surface area contributed by atoms with Crippen LogP contribution in [0.5, 0.6) is 5.75 Å². The van der Waals surface area contributed by atoms with E-state index in [-0.39, 0.29) is 23.5 Å². The van der Waals surface area contributed by atoms with Gasteiger partial charge < -0.3 is 15.2 Å². The monoisotopic (exact) mass is 423 g/mol. The smallest absolute Gasteiger partial charge is 0.407 e. The van der Waals surface area contributed by atoms with E-state index in [1.807, 2.05) is 26.8 Å². The lowest BCUT2D eigenvalue weighted by Crippen LogP contribution is -2.37. The largest absolute Gasteiger partial charge is 0.507 e. The molecular weight excluding hydrogens is 397 g/mol. The fourth-order valence-corrected chi connectivity index (χ4v) is 4.05. The number of amides is 1. The van der Waals surface area contributed by atoms with Crippen LogP contribution in [0.3, 0.4) is 0 Å². The van der Waals surface area contributed by atoms with E-state index in [9.17, 15) is 14.3 Å². The number of hydrogen-bond donors (Lipinski definition) is 2. The minimum Gasteiger partial charge on any atom is -0.507 e. The molecule has 1 heterocycles. The molecule has 1 aromatic heterocycles. The Morgan fingerprint density at radius 1 is 1.16 bits per heavy atom. The number of carbonyl (C=O) groups is 1. The lowest BCUT2D eigenvalue weighted by atomic mass is 9.98. The maximum Gasteiger partial charge on any atom is 0.407 e. The number of hydrogen-bond acceptors (Lipinski definition) is 5. The number of fused-ring (bicyclic) bond motifs is 1. The predicted molar refractivity (Wildman–Crippen MR) is 116 cm³/mol. The number of nitrogens with zero attached hydrogens (tertiary/aromatic N) is 2. The summed E-state index contributed by atoms with van der Waals surface area (Å²) in [5.41, 5.74) is 1.32. The first-order valence-electron chi connectivity index (χ1n) is 10.4. The van der Waals surface area contributed by atoms with Gasteiger partial charge in [-0.1, -0.05) is 12.1 Å². The molecule has 162 valence electrons. The number of halogens is 1. The van der Waals surface area contributed by atoms with Crippen LogP contribution in [0.4, 0.5) is 9.18 Å². The number of benzene rings is 2. The van der Waals surface area contributed by atoms with Crippen LogP contribution in [0.25, 0.3) is 22.3 Å². The molecule has 7 heteroatoms. The summed E-state index contributed by atoms with van der Waals surface area (Å²) in [4.78, 5) is 21.5. The summed E-state index contributed by atoms with van der Waals surface area (Å²) >= 11 is 0. The van der Waals surface area contributed by atoms with Crippen LogP contribution in [0.2, 0.25) is 0 Å². The SMILES string of the molecule is CC(C)(C)OC(=O)N[C@@H]1CCC(c2nc(-c3ccccc3O)nc3ccc(F)cc23)C1. The zero-order chi connectivity index (χ0) is 22.2. The molecule has 1 aliphatic carbocycles. The summed E-state index contributed by atoms with van der Waals surface area (Å²) in [7, 11) is 0. The number of carbonyl (C=O) groups excluding carboxylic acids is 1. The van der Waals surface area contributed by atoms with Crippen molar-refractivity contribution >= 4 is 17.0 Å². The van der Waals surface area contributed by atoms with Gasteiger partial charge in [-0.25, -0.2) is 19.2 Å². The molecule has 1 unspecified atom stereocenters. The van der Waals surface area contributed by atoms with Gasteiger partial charge in [0, 0.05) is 17.3 Å². The molecule has 1 saturated carbocycles. The van der Waals surface area contributed by atoms with Crippen molar-refractivity contribution in [2.24, 2.45) is 0 Å². The third-order valence-electron chi connectivity index (χ3n) is 5.37. The highest BCUT2D eigenvalue weighted by Gasteiger charge is 2.31. The fourth-order valence-electron chi connectivity index (χ4n) is 4.05. The number of aromatic nitrogens is 2. The number of nitrogens with one attached hydrogen (secondary N) is 1. The zero-order valence-electron chi connectivity index (χ0n) is 17.9. The molecule has 2 atom stereocenters. The summed E-state index contributed by atoms with van der Waals surface area (Å²) in [5, 5.41) is 13.9. The zero-order valence-corrected chi connectivity index (χ0v) is 17.9. The normalized spacial score (nSPS) is 18.8. The van der Waals surface area contributed by atoms with Crippen molar-refractivity contribution in [3.8, 4) is 17.1 Å². The minimum atomic E-state index is -0.560. The van der Waals surface area contributed by atoms with Gasteiger partial charge in [0.05, 0.1) is 16.8 Å². The minimum absolute atomic E-state index is 0.0249. The first kappa shape index (κ1) is 21.0. The van der Waals surface area contributed by atoms with Crippen LogP contribution < -0.4 is 5.32 Å². The molecule has 0 radical (unpaired) electrons. The average molecular weight is 423 g/mol. The number of rotatable bonds is 3. The van der Waals surface area contributed by atoms with Crippen molar-refractivity contribution in [3.63, 3.8) is 0 Å². The van der Waals surface area contributed by atoms with E-state index >= 15 is 0 Å². The summed E-state index contributed by atoms with van der Waals surface area (Å²) in [6, 6.07) is 11.3. The Hall–Kier alpha value is -3.22. The highest BCUT2D eigenvalue weighted by atomic mass is 19.1. The second kappa shape index (κ2) is 8.13. The molecule has 0 spiro atoms. The van der Waals surface area contributed by atoms with Gasteiger partial charge in [0.25, 0.3) is 0 Å². The predicted octanol–water partition coefficient (Wildman–Crippen LogP) is 5.30. The van der Waals surface area contributed by atoms with Gasteiger partial charge in [-0.05, 0) is 70.4 Å². The molecule has 0 aliphatic heterocycles. The maximum atomic E-state index is 14.0. The second-order valence-electron chi connectivity index (χ2n) is 8.96. The Morgan fingerprint density at radius 2 is 1.94 bits per heavy atom. The van der Waals surface area contributed by atoms with Gasteiger partial charge >= 0.3 is 6.09 Å². The summed E-state index contributed by atoms with van der Waals surface area (Å²) in [6.07, 6.45) is 1.80. The van der Waals surface area contributed by atoms with Gasteiger partial charge in [-0.15, -0.1) is 0 Å². The number of ether oxygens (including phenoxy) is 1. The average Bonchev–Trinajstić information content (AvgIpc) is 3.14. The van der Waals surface area contributed by atoms with E-state index in [4.69, 9.17) is 9.72 Å². The van der Waals surface area contributed by atoms with Crippen LogP contribution in [0, 0.1) is 5.82 Å². The van der Waals surface area contributed by atoms with Crippen LogP contribution >= 0.6 is 0 Å². The Bertz CT molecular complexity index is 1130. The van der Waals surface area contributed by atoms with E-state index in [0.717, 1.165) is 18.5 Å². The van der Waals surface area contributed by atoms with Crippen molar-refractivity contribution in [1.82, 2.24) is 15.3 Å². The van der Waals surface area contributed by atoms with E-state index in [0.29, 0.717) is 28.7 Å². The molecule has 2 aromatic carbocycles. The quantitative estimate of drug-likeness (QED) is 0.597. The number of para-hydroxylation sites is 1. The molecule has 1 fully saturated rings. The standard InChI is InChI=1S/C24H26FN3O3/c1-24(2,3)31-23(30)26-16-10-8-14(12-16)21-18-13-15(25)9-11-19(18)27-22(28-21)17-6-4-5-7-20(17)29/h4-7,9,11,13-14,16,29H,8,10,12H2,1-3H3,(H,26,30)/t14?,16-/m1/s1. The van der Waals surface area contributed by atoms with Crippen LogP contribution in [-0.4, -0.2) is 32.8 Å². The highest BCUT2D eigenvalue weighted by molar-refractivity contribution is 5.84. The second-order valence-corrected chi connectivity index (χ2v) is 8.96. The van der Waals surface area contributed by atoms with Crippen molar-refractivity contribution in [2.75, 3.05) is 0 Å². The third kappa shape index (κ3) is 4.76. The molecular formula is C24H26FN3O3. The molecule has 0 saturated heterocycles. The summed E-state index contributed by atoms with van der Waals surface area (Å²) in [6.45, 7) is 5.48. The number of aromatic hydroxyl groups is 1. The van der Waals surface area contributed by atoms with Crippen molar-refractivity contribution in [2.45, 2.75) is 57.6 Å².